The fourth-order valence-corrected chi connectivity index (χ4v) is 1.45. The highest BCUT2D eigenvalue weighted by Crippen LogP contribution is 2.22. The zero-order valence-corrected chi connectivity index (χ0v) is 10.5. The van der Waals surface area contributed by atoms with Crippen molar-refractivity contribution in [3.05, 3.63) is 30.1 Å². The average Bonchev–Trinajstić information content (AvgIpc) is 2.45. The van der Waals surface area contributed by atoms with E-state index in [4.69, 9.17) is 10.6 Å². The fraction of sp³-hybridized carbons (Fsp3) is 0.182. The van der Waals surface area contributed by atoms with Gasteiger partial charge in [-0.2, -0.15) is 15.0 Å². The molecule has 0 saturated carbocycles. The molecule has 100 valence electrons. The van der Waals surface area contributed by atoms with E-state index in [0.29, 0.717) is 5.69 Å². The van der Waals surface area contributed by atoms with E-state index in [0.717, 1.165) is 0 Å². The molecule has 0 aliphatic carbocycles. The molecule has 1 aromatic heterocycles. The van der Waals surface area contributed by atoms with E-state index >= 15 is 0 Å². The van der Waals surface area contributed by atoms with Crippen LogP contribution in [0.5, 0.6) is 6.01 Å². The lowest BCUT2D eigenvalue weighted by atomic mass is 10.3. The number of methoxy groups -OCH3 is 1. The topological polar surface area (TPSA) is 89.2 Å². The molecule has 3 N–H and O–H groups in total. The van der Waals surface area contributed by atoms with Crippen molar-refractivity contribution >= 4 is 17.6 Å². The maximum absolute atomic E-state index is 13.2. The van der Waals surface area contributed by atoms with E-state index in [-0.39, 0.29) is 23.7 Å². The fourth-order valence-electron chi connectivity index (χ4n) is 1.45. The van der Waals surface area contributed by atoms with E-state index in [9.17, 15) is 4.39 Å². The lowest BCUT2D eigenvalue weighted by molar-refractivity contribution is 0.379. The van der Waals surface area contributed by atoms with Crippen molar-refractivity contribution in [2.45, 2.75) is 0 Å². The van der Waals surface area contributed by atoms with Crippen molar-refractivity contribution in [3.8, 4) is 6.01 Å². The zero-order valence-electron chi connectivity index (χ0n) is 10.5. The van der Waals surface area contributed by atoms with Crippen LogP contribution in [-0.4, -0.2) is 29.1 Å². The molecular formula is C11H13FN6O. The minimum atomic E-state index is -0.345. The summed E-state index contributed by atoms with van der Waals surface area (Å²) in [6.07, 6.45) is 0. The molecule has 0 spiro atoms. The zero-order chi connectivity index (χ0) is 13.8. The third kappa shape index (κ3) is 2.86. The van der Waals surface area contributed by atoms with E-state index in [1.54, 1.807) is 24.1 Å². The number of anilines is 3. The van der Waals surface area contributed by atoms with Crippen LogP contribution >= 0.6 is 0 Å². The van der Waals surface area contributed by atoms with Gasteiger partial charge in [0.25, 0.3) is 0 Å². The van der Waals surface area contributed by atoms with Gasteiger partial charge in [-0.3, -0.25) is 5.43 Å². The number of ether oxygens (including phenoxy) is 1. The Morgan fingerprint density at radius 2 is 2.11 bits per heavy atom. The van der Waals surface area contributed by atoms with Gasteiger partial charge >= 0.3 is 6.01 Å². The number of hydrogen-bond acceptors (Lipinski definition) is 7. The van der Waals surface area contributed by atoms with Gasteiger partial charge in [-0.25, -0.2) is 10.2 Å². The number of hydrazine groups is 1. The third-order valence-electron chi connectivity index (χ3n) is 2.41. The van der Waals surface area contributed by atoms with Crippen LogP contribution in [0.25, 0.3) is 0 Å². The van der Waals surface area contributed by atoms with Crippen LogP contribution < -0.4 is 20.9 Å². The summed E-state index contributed by atoms with van der Waals surface area (Å²) in [4.78, 5) is 13.6. The quantitative estimate of drug-likeness (QED) is 0.630. The van der Waals surface area contributed by atoms with Crippen LogP contribution in [0.1, 0.15) is 0 Å². The summed E-state index contributed by atoms with van der Waals surface area (Å²) >= 11 is 0. The summed E-state index contributed by atoms with van der Waals surface area (Å²) < 4.78 is 18.1. The second kappa shape index (κ2) is 5.44. The van der Waals surface area contributed by atoms with Gasteiger partial charge in [-0.15, -0.1) is 0 Å². The van der Waals surface area contributed by atoms with Gasteiger partial charge < -0.3 is 9.64 Å². The van der Waals surface area contributed by atoms with Crippen molar-refractivity contribution in [1.82, 2.24) is 15.0 Å². The number of nitrogens with one attached hydrogen (secondary N) is 1. The van der Waals surface area contributed by atoms with Crippen molar-refractivity contribution in [1.29, 1.82) is 0 Å². The molecule has 0 unspecified atom stereocenters. The summed E-state index contributed by atoms with van der Waals surface area (Å²) in [6.45, 7) is 0. The first-order chi connectivity index (χ1) is 9.13. The minimum absolute atomic E-state index is 0.112. The van der Waals surface area contributed by atoms with Crippen molar-refractivity contribution in [3.63, 3.8) is 0 Å². The number of nitrogen functional groups attached to an aromatic ring is 1. The lowest BCUT2D eigenvalue weighted by Crippen LogP contribution is -2.18. The molecule has 8 heteroatoms. The molecule has 0 aliphatic rings. The Balaban J connectivity index is 2.40. The third-order valence-corrected chi connectivity index (χ3v) is 2.41. The van der Waals surface area contributed by atoms with E-state index in [2.05, 4.69) is 20.4 Å². The first-order valence-corrected chi connectivity index (χ1v) is 5.40. The van der Waals surface area contributed by atoms with E-state index in [1.807, 2.05) is 0 Å². The van der Waals surface area contributed by atoms with Gasteiger partial charge in [0, 0.05) is 12.7 Å². The lowest BCUT2D eigenvalue weighted by Gasteiger charge is -2.17. The minimum Gasteiger partial charge on any atom is -0.467 e. The molecule has 0 bridgehead atoms. The van der Waals surface area contributed by atoms with Crippen LogP contribution in [0.3, 0.4) is 0 Å². The van der Waals surface area contributed by atoms with Crippen molar-refractivity contribution in [2.24, 2.45) is 5.84 Å². The van der Waals surface area contributed by atoms with E-state index < -0.39 is 0 Å². The largest absolute Gasteiger partial charge is 0.467 e. The Hall–Kier alpha value is -2.48. The van der Waals surface area contributed by atoms with Gasteiger partial charge in [0.2, 0.25) is 11.9 Å². The number of nitrogens with two attached hydrogens (primary N) is 1. The summed E-state index contributed by atoms with van der Waals surface area (Å²) in [7, 11) is 3.13. The molecule has 7 nitrogen and oxygen atoms in total. The molecule has 1 aromatic carbocycles. The van der Waals surface area contributed by atoms with Crippen LogP contribution in [0.4, 0.5) is 22.0 Å². The Kier molecular flexibility index (Phi) is 3.71. The molecule has 2 rings (SSSR count). The average molecular weight is 264 g/mol. The molecular weight excluding hydrogens is 251 g/mol. The Bertz CT molecular complexity index is 557. The van der Waals surface area contributed by atoms with Gasteiger partial charge in [0.15, 0.2) is 0 Å². The number of rotatable bonds is 4. The Labute approximate surface area is 109 Å². The second-order valence-corrected chi connectivity index (χ2v) is 3.63. The van der Waals surface area contributed by atoms with Crippen LogP contribution in [0.15, 0.2) is 24.3 Å². The summed E-state index contributed by atoms with van der Waals surface area (Å²) in [5.74, 6) is 5.36. The number of nitrogens with zero attached hydrogens (tertiary/aromatic N) is 4. The molecule has 1 heterocycles. The highest BCUT2D eigenvalue weighted by atomic mass is 19.1. The van der Waals surface area contributed by atoms with Crippen LogP contribution in [0, 0.1) is 5.82 Å². The van der Waals surface area contributed by atoms with Gasteiger partial charge in [0.1, 0.15) is 5.82 Å². The smallest absolute Gasteiger partial charge is 0.322 e. The molecule has 19 heavy (non-hydrogen) atoms. The van der Waals surface area contributed by atoms with Crippen LogP contribution in [-0.2, 0) is 0 Å². The standard InChI is InChI=1S/C11H13FN6O/c1-18(8-5-3-4-7(12)6-8)10-14-9(17-13)15-11(16-10)19-2/h3-6H,13H2,1-2H3,(H,14,15,16,17). The first-order valence-electron chi connectivity index (χ1n) is 5.40. The summed E-state index contributed by atoms with van der Waals surface area (Å²) in [6, 6.07) is 6.17. The maximum Gasteiger partial charge on any atom is 0.322 e. The molecule has 0 atom stereocenters. The predicted molar refractivity (Wildman–Crippen MR) is 68.7 cm³/mol. The Morgan fingerprint density at radius 1 is 1.32 bits per heavy atom. The van der Waals surface area contributed by atoms with Crippen molar-refractivity contribution in [2.75, 3.05) is 24.5 Å². The first kappa shape index (κ1) is 13.0. The summed E-state index contributed by atoms with van der Waals surface area (Å²) in [5.41, 5.74) is 2.91. The number of halogens is 1. The number of benzene rings is 1. The highest BCUT2D eigenvalue weighted by Gasteiger charge is 2.12. The molecule has 0 amide bonds. The monoisotopic (exact) mass is 264 g/mol. The maximum atomic E-state index is 13.2. The Morgan fingerprint density at radius 3 is 2.74 bits per heavy atom. The van der Waals surface area contributed by atoms with Gasteiger partial charge in [0.05, 0.1) is 7.11 Å². The molecule has 0 saturated heterocycles. The highest BCUT2D eigenvalue weighted by molar-refractivity contribution is 5.57. The SMILES string of the molecule is COc1nc(NN)nc(N(C)c2cccc(F)c2)n1. The molecule has 0 aliphatic heterocycles. The molecule has 2 aromatic rings. The van der Waals surface area contributed by atoms with Gasteiger partial charge in [-0.1, -0.05) is 6.07 Å². The van der Waals surface area contributed by atoms with Gasteiger partial charge in [-0.05, 0) is 18.2 Å². The molecule has 0 radical (unpaired) electrons. The number of aromatic nitrogens is 3. The van der Waals surface area contributed by atoms with Crippen LogP contribution in [0.2, 0.25) is 0 Å². The summed E-state index contributed by atoms with van der Waals surface area (Å²) in [5, 5.41) is 0. The second-order valence-electron chi connectivity index (χ2n) is 3.63. The predicted octanol–water partition coefficient (Wildman–Crippen LogP) is 1.07. The van der Waals surface area contributed by atoms with Crippen molar-refractivity contribution < 1.29 is 9.13 Å². The van der Waals surface area contributed by atoms with E-state index in [1.165, 1.54) is 19.2 Å². The molecule has 0 fully saturated rings. The normalized spacial score (nSPS) is 10.1. The number of hydrogen-bond donors (Lipinski definition) is 2.